The van der Waals surface area contributed by atoms with E-state index >= 15 is 0 Å². The largest absolute Gasteiger partial charge is 0.467 e. The maximum atomic E-state index is 13.6. The van der Waals surface area contributed by atoms with Crippen molar-refractivity contribution in [2.24, 2.45) is 0 Å². The molecule has 1 aromatic carbocycles. The van der Waals surface area contributed by atoms with E-state index < -0.39 is 35.4 Å². The Bertz CT molecular complexity index is 713. The van der Waals surface area contributed by atoms with E-state index in [0.717, 1.165) is 6.08 Å². The Hall–Kier alpha value is -2.90. The van der Waals surface area contributed by atoms with E-state index in [4.69, 9.17) is 4.74 Å². The molecule has 8 heteroatoms. The van der Waals surface area contributed by atoms with Gasteiger partial charge in [0, 0.05) is 18.2 Å². The summed E-state index contributed by atoms with van der Waals surface area (Å²) in [4.78, 5) is 35.5. The normalized spacial score (nSPS) is 12.3. The molecular weight excluding hydrogens is 367 g/mol. The molecule has 0 aromatic heterocycles. The molecule has 0 saturated carbocycles. The molecule has 7 nitrogen and oxygen atoms in total. The molecule has 0 bridgehead atoms. The number of ether oxygens (including phenoxy) is 2. The van der Waals surface area contributed by atoms with Crippen LogP contribution in [0.2, 0.25) is 0 Å². The number of carbonyl (C=O) groups excluding carboxylic acids is 3. The van der Waals surface area contributed by atoms with Crippen LogP contribution in [0.3, 0.4) is 0 Å². The number of hydrogen-bond donors (Lipinski definition) is 2. The van der Waals surface area contributed by atoms with Crippen LogP contribution in [0.5, 0.6) is 0 Å². The summed E-state index contributed by atoms with van der Waals surface area (Å²) < 4.78 is 23.4. The minimum absolute atomic E-state index is 0.252. The third-order valence-electron chi connectivity index (χ3n) is 3.46. The van der Waals surface area contributed by atoms with Gasteiger partial charge in [-0.25, -0.2) is 14.0 Å². The van der Waals surface area contributed by atoms with Gasteiger partial charge in [-0.05, 0) is 45.8 Å². The number of esters is 1. The maximum absolute atomic E-state index is 13.6. The first-order valence-corrected chi connectivity index (χ1v) is 8.90. The van der Waals surface area contributed by atoms with Crippen LogP contribution >= 0.6 is 0 Å². The molecule has 0 heterocycles. The molecule has 0 saturated heterocycles. The highest BCUT2D eigenvalue weighted by Gasteiger charge is 2.21. The quantitative estimate of drug-likeness (QED) is 0.402. The monoisotopic (exact) mass is 394 g/mol. The van der Waals surface area contributed by atoms with Gasteiger partial charge >= 0.3 is 12.1 Å². The summed E-state index contributed by atoms with van der Waals surface area (Å²) in [7, 11) is 1.22. The van der Waals surface area contributed by atoms with Crippen molar-refractivity contribution in [1.29, 1.82) is 0 Å². The molecule has 1 rings (SSSR count). The van der Waals surface area contributed by atoms with E-state index in [1.807, 2.05) is 0 Å². The highest BCUT2D eigenvalue weighted by molar-refractivity contribution is 5.94. The summed E-state index contributed by atoms with van der Waals surface area (Å²) in [5.74, 6) is -1.62. The Balaban J connectivity index is 2.52. The minimum Gasteiger partial charge on any atom is -0.467 e. The van der Waals surface area contributed by atoms with Crippen LogP contribution in [0.1, 0.15) is 39.2 Å². The molecule has 2 amide bonds. The predicted octanol–water partition coefficient (Wildman–Crippen LogP) is 2.80. The van der Waals surface area contributed by atoms with Gasteiger partial charge in [0.05, 0.1) is 7.11 Å². The van der Waals surface area contributed by atoms with Crippen LogP contribution < -0.4 is 10.6 Å². The number of nitrogens with one attached hydrogen (secondary N) is 2. The molecule has 1 atom stereocenters. The molecular formula is C20H27FN2O5. The predicted molar refractivity (Wildman–Crippen MR) is 103 cm³/mol. The van der Waals surface area contributed by atoms with Crippen molar-refractivity contribution in [1.82, 2.24) is 10.6 Å². The van der Waals surface area contributed by atoms with Crippen LogP contribution in [0, 0.1) is 5.82 Å². The topological polar surface area (TPSA) is 93.7 Å². The van der Waals surface area contributed by atoms with E-state index in [2.05, 4.69) is 15.4 Å². The van der Waals surface area contributed by atoms with Crippen LogP contribution in [0.4, 0.5) is 9.18 Å². The smallest absolute Gasteiger partial charge is 0.407 e. The highest BCUT2D eigenvalue weighted by atomic mass is 19.1. The Morgan fingerprint density at radius 3 is 2.50 bits per heavy atom. The van der Waals surface area contributed by atoms with E-state index in [1.54, 1.807) is 32.9 Å². The minimum atomic E-state index is -0.886. The highest BCUT2D eigenvalue weighted by Crippen LogP contribution is 2.09. The fraction of sp³-hybridized carbons (Fsp3) is 0.450. The van der Waals surface area contributed by atoms with Crippen molar-refractivity contribution < 1.29 is 28.2 Å². The molecule has 0 unspecified atom stereocenters. The SMILES string of the molecule is COC(=O)[C@H](CCCNC(=O)OC(C)(C)C)NC(=O)C=Cc1ccccc1F. The summed E-state index contributed by atoms with van der Waals surface area (Å²) in [6.45, 7) is 5.53. The molecule has 0 radical (unpaired) electrons. The van der Waals surface area contributed by atoms with Crippen molar-refractivity contribution in [3.05, 3.63) is 41.7 Å². The average Bonchev–Trinajstić information content (AvgIpc) is 2.61. The van der Waals surface area contributed by atoms with E-state index in [0.29, 0.717) is 6.42 Å². The third-order valence-corrected chi connectivity index (χ3v) is 3.46. The maximum Gasteiger partial charge on any atom is 0.407 e. The van der Waals surface area contributed by atoms with Gasteiger partial charge in [-0.2, -0.15) is 0 Å². The molecule has 0 spiro atoms. The Labute approximate surface area is 164 Å². The molecule has 0 aliphatic heterocycles. The number of rotatable bonds is 8. The summed E-state index contributed by atoms with van der Waals surface area (Å²) in [6, 6.07) is 5.12. The first-order valence-electron chi connectivity index (χ1n) is 8.90. The zero-order valence-electron chi connectivity index (χ0n) is 16.6. The van der Waals surface area contributed by atoms with Crippen LogP contribution in [-0.4, -0.2) is 43.3 Å². The number of amides is 2. The van der Waals surface area contributed by atoms with Crippen molar-refractivity contribution in [2.45, 2.75) is 45.3 Å². The van der Waals surface area contributed by atoms with Gasteiger partial charge < -0.3 is 20.1 Å². The second-order valence-corrected chi connectivity index (χ2v) is 7.01. The van der Waals surface area contributed by atoms with Crippen molar-refractivity contribution in [3.63, 3.8) is 0 Å². The van der Waals surface area contributed by atoms with Gasteiger partial charge in [0.25, 0.3) is 0 Å². The summed E-state index contributed by atoms with van der Waals surface area (Å²) in [5.41, 5.74) is -0.342. The lowest BCUT2D eigenvalue weighted by Crippen LogP contribution is -2.41. The van der Waals surface area contributed by atoms with Gasteiger partial charge in [-0.1, -0.05) is 18.2 Å². The van der Waals surface area contributed by atoms with Gasteiger partial charge in [-0.15, -0.1) is 0 Å². The summed E-state index contributed by atoms with van der Waals surface area (Å²) >= 11 is 0. The van der Waals surface area contributed by atoms with E-state index in [9.17, 15) is 18.8 Å². The van der Waals surface area contributed by atoms with Crippen LogP contribution in [-0.2, 0) is 19.1 Å². The lowest BCUT2D eigenvalue weighted by atomic mass is 10.1. The second kappa shape index (κ2) is 11.1. The zero-order valence-corrected chi connectivity index (χ0v) is 16.6. The summed E-state index contributed by atoms with van der Waals surface area (Å²) in [6.07, 6.45) is 2.58. The Morgan fingerprint density at radius 1 is 1.21 bits per heavy atom. The van der Waals surface area contributed by atoms with Gasteiger partial charge in [0.1, 0.15) is 17.5 Å². The number of halogens is 1. The first kappa shape index (κ1) is 23.1. The van der Waals surface area contributed by atoms with Crippen molar-refractivity contribution in [3.8, 4) is 0 Å². The zero-order chi connectivity index (χ0) is 21.2. The number of alkyl carbamates (subject to hydrolysis) is 1. The van der Waals surface area contributed by atoms with Crippen molar-refractivity contribution in [2.75, 3.05) is 13.7 Å². The van der Waals surface area contributed by atoms with Gasteiger partial charge in [0.2, 0.25) is 5.91 Å². The molecule has 154 valence electrons. The van der Waals surface area contributed by atoms with Crippen LogP contribution in [0.25, 0.3) is 6.08 Å². The second-order valence-electron chi connectivity index (χ2n) is 7.01. The van der Waals surface area contributed by atoms with Gasteiger partial charge in [-0.3, -0.25) is 4.79 Å². The van der Waals surface area contributed by atoms with E-state index in [-0.39, 0.29) is 18.5 Å². The first-order chi connectivity index (χ1) is 13.1. The fourth-order valence-corrected chi connectivity index (χ4v) is 2.20. The Morgan fingerprint density at radius 2 is 1.89 bits per heavy atom. The fourth-order valence-electron chi connectivity index (χ4n) is 2.20. The third kappa shape index (κ3) is 9.16. The molecule has 1 aromatic rings. The number of methoxy groups -OCH3 is 1. The molecule has 0 aliphatic rings. The van der Waals surface area contributed by atoms with Crippen molar-refractivity contribution >= 4 is 24.0 Å². The lowest BCUT2D eigenvalue weighted by Gasteiger charge is -2.20. The standard InChI is InChI=1S/C20H27FN2O5/c1-20(2,3)28-19(26)22-13-7-10-16(18(25)27-4)23-17(24)12-11-14-8-5-6-9-15(14)21/h5-6,8-9,11-12,16H,7,10,13H2,1-4H3,(H,22,26)(H,23,24)/t16-/m0/s1. The summed E-state index contributed by atoms with van der Waals surface area (Å²) in [5, 5.41) is 5.09. The number of benzene rings is 1. The molecule has 0 aliphatic carbocycles. The number of carbonyl (C=O) groups is 3. The van der Waals surface area contributed by atoms with Gasteiger partial charge in [0.15, 0.2) is 0 Å². The average molecular weight is 394 g/mol. The molecule has 0 fully saturated rings. The number of hydrogen-bond acceptors (Lipinski definition) is 5. The molecule has 28 heavy (non-hydrogen) atoms. The van der Waals surface area contributed by atoms with E-state index in [1.165, 1.54) is 25.3 Å². The lowest BCUT2D eigenvalue weighted by molar-refractivity contribution is -0.144. The Kier molecular flexibility index (Phi) is 9.14. The molecule has 2 N–H and O–H groups in total. The van der Waals surface area contributed by atoms with Crippen LogP contribution in [0.15, 0.2) is 30.3 Å².